The number of alkyl halides is 3. The van der Waals surface area contributed by atoms with Crippen molar-refractivity contribution in [2.45, 2.75) is 37.1 Å². The Bertz CT molecular complexity index is 1150. The van der Waals surface area contributed by atoms with Crippen molar-refractivity contribution in [2.75, 3.05) is 6.61 Å². The number of aliphatic hydroxyl groups excluding tert-OH is 2. The maximum absolute atomic E-state index is 12.6. The molecule has 188 valence electrons. The fraction of sp³-hybridized carbons (Fsp3) is 0.636. The van der Waals surface area contributed by atoms with E-state index in [9.17, 15) is 46.7 Å². The van der Waals surface area contributed by atoms with Gasteiger partial charge in [-0.1, -0.05) is 0 Å². The minimum Gasteiger partial charge on any atom is -0.387 e. The summed E-state index contributed by atoms with van der Waals surface area (Å²) in [6.07, 6.45) is -11.9. The maximum atomic E-state index is 12.6. The van der Waals surface area contributed by atoms with Gasteiger partial charge in [-0.3, -0.25) is 18.9 Å². The Morgan fingerprint density at radius 2 is 1.64 bits per heavy atom. The van der Waals surface area contributed by atoms with Gasteiger partial charge in [0.05, 0.1) is 12.2 Å². The molecule has 0 saturated carbocycles. The van der Waals surface area contributed by atoms with Crippen molar-refractivity contribution in [1.82, 2.24) is 9.55 Å². The van der Waals surface area contributed by atoms with Gasteiger partial charge in [0.2, 0.25) is 0 Å². The van der Waals surface area contributed by atoms with Gasteiger partial charge in [0.25, 0.3) is 5.56 Å². The zero-order valence-corrected chi connectivity index (χ0v) is 18.3. The summed E-state index contributed by atoms with van der Waals surface area (Å²) in [6.45, 7) is -2.90. The molecule has 2 saturated heterocycles. The van der Waals surface area contributed by atoms with Gasteiger partial charge in [-0.05, 0) is 0 Å². The minimum absolute atomic E-state index is 0.0719. The molecule has 0 aromatic carbocycles. The Kier molecular flexibility index (Phi) is 7.03. The molecule has 3 heterocycles. The van der Waals surface area contributed by atoms with Crippen LogP contribution in [0, 0.1) is 0 Å². The summed E-state index contributed by atoms with van der Waals surface area (Å²) in [5, 5.41) is 20.2. The highest BCUT2D eigenvalue weighted by molar-refractivity contribution is 7.74. The highest BCUT2D eigenvalue weighted by Crippen LogP contribution is 2.80. The molecule has 6 atom stereocenters. The average Bonchev–Trinajstić information content (AvgIpc) is 2.86. The van der Waals surface area contributed by atoms with E-state index in [1.54, 1.807) is 4.98 Å². The molecular formula is C11H14F3N2O14P3. The van der Waals surface area contributed by atoms with E-state index < -0.39 is 84.0 Å². The highest BCUT2D eigenvalue weighted by atomic mass is 31.3. The van der Waals surface area contributed by atoms with Crippen LogP contribution in [0.4, 0.5) is 13.2 Å². The first-order valence-electron chi connectivity index (χ1n) is 8.36. The summed E-state index contributed by atoms with van der Waals surface area (Å²) < 4.78 is 94.3. The van der Waals surface area contributed by atoms with Crippen molar-refractivity contribution in [2.24, 2.45) is 0 Å². The Balaban J connectivity index is 1.80. The quantitative estimate of drug-likeness (QED) is 0.296. The van der Waals surface area contributed by atoms with Crippen LogP contribution in [0.15, 0.2) is 15.8 Å². The molecule has 0 aliphatic carbocycles. The van der Waals surface area contributed by atoms with Gasteiger partial charge in [0.1, 0.15) is 31.0 Å². The highest BCUT2D eigenvalue weighted by Gasteiger charge is 2.55. The number of nitrogens with one attached hydrogen (secondary N) is 1. The van der Waals surface area contributed by atoms with Crippen molar-refractivity contribution in [1.29, 1.82) is 0 Å². The molecule has 0 spiro atoms. The van der Waals surface area contributed by atoms with Crippen LogP contribution in [0.2, 0.25) is 0 Å². The largest absolute Gasteiger partial charge is 0.492 e. The van der Waals surface area contributed by atoms with Gasteiger partial charge in [-0.15, -0.1) is 0 Å². The van der Waals surface area contributed by atoms with Crippen molar-refractivity contribution in [3.63, 3.8) is 0 Å². The third-order valence-electron chi connectivity index (χ3n) is 4.07. The van der Waals surface area contributed by atoms with Crippen LogP contribution in [0.3, 0.4) is 0 Å². The number of phosphoric acid groups is 3. The first-order chi connectivity index (χ1) is 14.9. The van der Waals surface area contributed by atoms with E-state index in [2.05, 4.69) is 17.5 Å². The van der Waals surface area contributed by atoms with E-state index in [0.717, 1.165) is 0 Å². The summed E-state index contributed by atoms with van der Waals surface area (Å²) in [6, 6.07) is 0. The second-order valence-electron chi connectivity index (χ2n) is 6.59. The number of hydrogen-bond donors (Lipinski definition) is 5. The fourth-order valence-electron chi connectivity index (χ4n) is 2.82. The average molecular weight is 548 g/mol. The fourth-order valence-corrected chi connectivity index (χ4v) is 7.76. The molecule has 0 bridgehead atoms. The lowest BCUT2D eigenvalue weighted by molar-refractivity contribution is -0.141. The van der Waals surface area contributed by atoms with Gasteiger partial charge in [-0.25, -0.2) is 18.5 Å². The summed E-state index contributed by atoms with van der Waals surface area (Å²) >= 11 is 0. The van der Waals surface area contributed by atoms with Crippen LogP contribution < -0.4 is 11.2 Å². The number of aliphatic hydroxyl groups is 2. The zero-order chi connectivity index (χ0) is 25.0. The van der Waals surface area contributed by atoms with Gasteiger partial charge in [0.15, 0.2) is 0 Å². The molecule has 1 aromatic heterocycles. The van der Waals surface area contributed by atoms with Gasteiger partial charge in [0, 0.05) is 6.20 Å². The Hall–Kier alpha value is -1.20. The predicted molar refractivity (Wildman–Crippen MR) is 93.5 cm³/mol. The molecule has 3 unspecified atom stereocenters. The van der Waals surface area contributed by atoms with Crippen molar-refractivity contribution in [3.05, 3.63) is 32.6 Å². The molecule has 1 aromatic rings. The topological polar surface area (TPSA) is 233 Å². The lowest BCUT2D eigenvalue weighted by Gasteiger charge is -2.27. The first-order valence-corrected chi connectivity index (χ1v) is 12.8. The smallest absolute Gasteiger partial charge is 0.387 e. The van der Waals surface area contributed by atoms with Crippen LogP contribution >= 0.6 is 23.5 Å². The molecule has 3 rings (SSSR count). The van der Waals surface area contributed by atoms with E-state index in [-0.39, 0.29) is 4.57 Å². The summed E-state index contributed by atoms with van der Waals surface area (Å²) in [7, 11) is -16.0. The van der Waals surface area contributed by atoms with Gasteiger partial charge in [-0.2, -0.15) is 26.1 Å². The number of hydrogen-bond acceptors (Lipinski definition) is 12. The Morgan fingerprint density at radius 3 is 2.18 bits per heavy atom. The van der Waals surface area contributed by atoms with Crippen LogP contribution in [-0.2, 0) is 42.4 Å². The minimum atomic E-state index is -5.36. The molecule has 33 heavy (non-hydrogen) atoms. The number of H-pyrrole nitrogens is 1. The van der Waals surface area contributed by atoms with E-state index in [4.69, 9.17) is 14.5 Å². The van der Waals surface area contributed by atoms with Crippen molar-refractivity contribution < 1.29 is 69.1 Å². The molecule has 22 heteroatoms. The molecule has 16 nitrogen and oxygen atoms in total. The van der Waals surface area contributed by atoms with E-state index >= 15 is 0 Å². The van der Waals surface area contributed by atoms with Crippen LogP contribution in [0.5, 0.6) is 0 Å². The lowest BCUT2D eigenvalue weighted by Crippen LogP contribution is -2.38. The van der Waals surface area contributed by atoms with Crippen molar-refractivity contribution in [3.8, 4) is 0 Å². The molecule has 5 N–H and O–H groups in total. The number of halogens is 3. The number of ether oxygens (including phenoxy) is 1. The third-order valence-corrected chi connectivity index (χ3v) is 9.43. The van der Waals surface area contributed by atoms with Crippen LogP contribution in [0.1, 0.15) is 11.7 Å². The van der Waals surface area contributed by atoms with E-state index in [1.807, 2.05) is 0 Å². The van der Waals surface area contributed by atoms with Gasteiger partial charge >= 0.3 is 35.3 Å². The number of nitrogens with zero attached hydrogens (tertiary/aromatic N) is 1. The summed E-state index contributed by atoms with van der Waals surface area (Å²) in [5.41, 5.74) is -3.36. The molecule has 0 amide bonds. The molecule has 2 fully saturated rings. The first kappa shape index (κ1) is 26.4. The Morgan fingerprint density at radius 1 is 1.06 bits per heavy atom. The van der Waals surface area contributed by atoms with E-state index in [0.29, 0.717) is 6.20 Å². The zero-order valence-electron chi connectivity index (χ0n) is 15.6. The Labute approximate surface area is 179 Å². The number of aromatic nitrogens is 2. The number of rotatable bonds is 5. The molecule has 0 radical (unpaired) electrons. The SMILES string of the molecule is O=c1[nH]c(=O)n(CC(F)(F)F)cc1[C@@H]1O[C@H](COP2(=O)OP(=O)(O)OP(=O)(O)O2)C(O)[C@@H]1O. The maximum Gasteiger partial charge on any atom is 0.492 e. The summed E-state index contributed by atoms with van der Waals surface area (Å²) in [5.74, 6) is 0. The second-order valence-corrected chi connectivity index (χ2v) is 11.6. The third kappa shape index (κ3) is 6.28. The van der Waals surface area contributed by atoms with Crippen LogP contribution in [-0.4, -0.2) is 60.6 Å². The standard InChI is InChI=1S/C11H14F3N2O14P3/c12-11(13,14)3-16-1-4(9(19)15-10(16)20)8-7(18)6(17)5(27-8)2-26-33(25)29-31(21,22)28-32(23,24)30-33/h1,5-8,17-18H,2-3H2,(H,21,22)(H,23,24)(H,15,19,20)/t5-,6?,7+,8+/m1/s1. The molecule has 2 aliphatic heterocycles. The normalized spacial score (nSPS) is 39.6. The number of aromatic amines is 1. The molecule has 2 aliphatic rings. The molecular weight excluding hydrogens is 534 g/mol. The van der Waals surface area contributed by atoms with E-state index in [1.165, 1.54) is 0 Å². The van der Waals surface area contributed by atoms with Crippen molar-refractivity contribution >= 4 is 23.5 Å². The van der Waals surface area contributed by atoms with Crippen LogP contribution in [0.25, 0.3) is 0 Å². The summed E-state index contributed by atoms with van der Waals surface area (Å²) in [4.78, 5) is 43.5. The second kappa shape index (κ2) is 8.78. The predicted octanol–water partition coefficient (Wildman–Crippen LogP) is -0.351. The lowest BCUT2D eigenvalue weighted by atomic mass is 10.0. The van der Waals surface area contributed by atoms with Gasteiger partial charge < -0.3 is 24.7 Å². The monoisotopic (exact) mass is 548 g/mol.